The Hall–Kier alpha value is -5.80. The number of para-hydroxylation sites is 4. The van der Waals surface area contributed by atoms with Crippen molar-refractivity contribution in [3.63, 3.8) is 0 Å². The summed E-state index contributed by atoms with van der Waals surface area (Å²) in [4.78, 5) is 0. The summed E-state index contributed by atoms with van der Waals surface area (Å²) in [6.07, 6.45) is 0. The predicted octanol–water partition coefficient (Wildman–Crippen LogP) is 10.9. The Morgan fingerprint density at radius 2 is 0.837 bits per heavy atom. The first-order valence-electron chi connectivity index (χ1n) is 14.7. The number of fused-ring (bicyclic) bond motifs is 13. The largest absolute Gasteiger partial charge is 0.456 e. The molecule has 3 aromatic heterocycles. The van der Waals surface area contributed by atoms with Gasteiger partial charge < -0.3 is 13.6 Å². The van der Waals surface area contributed by atoms with Gasteiger partial charge in [0, 0.05) is 44.1 Å². The van der Waals surface area contributed by atoms with Crippen molar-refractivity contribution in [1.29, 1.82) is 0 Å². The van der Waals surface area contributed by atoms with E-state index in [1.54, 1.807) is 0 Å². The first-order valence-corrected chi connectivity index (χ1v) is 14.7. The van der Waals surface area contributed by atoms with Crippen LogP contribution in [0.5, 0.6) is 0 Å². The summed E-state index contributed by atoms with van der Waals surface area (Å²) in [5, 5.41) is 9.85. The van der Waals surface area contributed by atoms with Crippen LogP contribution in [0.3, 0.4) is 0 Å². The maximum Gasteiger partial charge on any atom is 0.137 e. The number of hydrogen-bond donors (Lipinski definition) is 0. The lowest BCUT2D eigenvalue weighted by Crippen LogP contribution is -1.99. The van der Waals surface area contributed by atoms with E-state index in [-0.39, 0.29) is 0 Å². The maximum absolute atomic E-state index is 6.40. The minimum atomic E-state index is 0.894. The molecule has 10 aromatic rings. The molecule has 0 atom stereocenters. The average Bonchev–Trinajstić information content (AvgIpc) is 3.73. The molecule has 43 heavy (non-hydrogen) atoms. The van der Waals surface area contributed by atoms with Crippen LogP contribution in [-0.2, 0) is 0 Å². The number of nitrogens with zero attached hydrogens (tertiary/aromatic N) is 2. The minimum Gasteiger partial charge on any atom is -0.456 e. The Morgan fingerprint density at radius 1 is 0.349 bits per heavy atom. The molecule has 0 N–H and O–H groups in total. The molecule has 0 unspecified atom stereocenters. The molecular formula is C40H24N2O. The van der Waals surface area contributed by atoms with Crippen LogP contribution in [0.1, 0.15) is 0 Å². The van der Waals surface area contributed by atoms with E-state index in [1.807, 2.05) is 12.1 Å². The molecule has 0 aliphatic carbocycles. The second-order valence-corrected chi connectivity index (χ2v) is 11.3. The summed E-state index contributed by atoms with van der Waals surface area (Å²) in [6.45, 7) is 0. The molecule has 0 spiro atoms. The monoisotopic (exact) mass is 548 g/mol. The highest BCUT2D eigenvalue weighted by atomic mass is 16.3. The summed E-state index contributed by atoms with van der Waals surface area (Å²) in [7, 11) is 0. The van der Waals surface area contributed by atoms with Crippen LogP contribution in [0.2, 0.25) is 0 Å². The van der Waals surface area contributed by atoms with Crippen molar-refractivity contribution in [3.05, 3.63) is 146 Å². The van der Waals surface area contributed by atoms with Gasteiger partial charge in [0.2, 0.25) is 0 Å². The summed E-state index contributed by atoms with van der Waals surface area (Å²) in [6, 6.07) is 52.2. The highest BCUT2D eigenvalue weighted by Gasteiger charge is 2.24. The van der Waals surface area contributed by atoms with Crippen molar-refractivity contribution in [3.8, 4) is 11.4 Å². The molecule has 0 fully saturated rings. The van der Waals surface area contributed by atoms with Gasteiger partial charge in [-0.05, 0) is 53.2 Å². The molecule has 0 bridgehead atoms. The first kappa shape index (κ1) is 22.8. The van der Waals surface area contributed by atoms with E-state index in [9.17, 15) is 0 Å². The maximum atomic E-state index is 6.40. The third-order valence-electron chi connectivity index (χ3n) is 9.07. The first-order chi connectivity index (χ1) is 21.4. The summed E-state index contributed by atoms with van der Waals surface area (Å²) < 4.78 is 11.3. The smallest absolute Gasteiger partial charge is 0.137 e. The van der Waals surface area contributed by atoms with Gasteiger partial charge in [-0.25, -0.2) is 0 Å². The molecule has 0 aliphatic rings. The van der Waals surface area contributed by atoms with Crippen LogP contribution in [-0.4, -0.2) is 9.13 Å². The van der Waals surface area contributed by atoms with Gasteiger partial charge >= 0.3 is 0 Å². The van der Waals surface area contributed by atoms with Crippen molar-refractivity contribution in [2.24, 2.45) is 0 Å². The molecular weight excluding hydrogens is 524 g/mol. The topological polar surface area (TPSA) is 23.0 Å². The quantitative estimate of drug-likeness (QED) is 0.211. The normalized spacial score (nSPS) is 12.2. The number of aromatic nitrogens is 2. The van der Waals surface area contributed by atoms with Gasteiger partial charge in [-0.3, -0.25) is 0 Å². The Kier molecular flexibility index (Phi) is 4.45. The number of furan rings is 1. The second kappa shape index (κ2) is 8.37. The SMILES string of the molecule is c1ccc(-n2c3ccccc3c3c4ccccc4c4c5ccccc5n(-c5ccc6c(c5)oc5ccccc56)c4c32)cc1. The fraction of sp³-hybridized carbons (Fsp3) is 0. The summed E-state index contributed by atoms with van der Waals surface area (Å²) in [5.41, 5.74) is 8.82. The zero-order valence-electron chi connectivity index (χ0n) is 23.2. The van der Waals surface area contributed by atoms with Crippen molar-refractivity contribution in [2.75, 3.05) is 0 Å². The van der Waals surface area contributed by atoms with E-state index < -0.39 is 0 Å². The Bertz CT molecular complexity index is 2720. The lowest BCUT2D eigenvalue weighted by atomic mass is 9.98. The molecule has 0 amide bonds. The third-order valence-corrected chi connectivity index (χ3v) is 9.07. The number of rotatable bonds is 2. The van der Waals surface area contributed by atoms with Gasteiger partial charge in [-0.2, -0.15) is 0 Å². The average molecular weight is 549 g/mol. The molecule has 7 aromatic carbocycles. The molecule has 3 nitrogen and oxygen atoms in total. The fourth-order valence-electron chi connectivity index (χ4n) is 7.36. The Balaban J connectivity index is 1.49. The molecule has 3 heterocycles. The van der Waals surface area contributed by atoms with E-state index in [1.165, 1.54) is 54.4 Å². The van der Waals surface area contributed by atoms with Gasteiger partial charge in [0.05, 0.1) is 27.8 Å². The zero-order chi connectivity index (χ0) is 28.1. The fourth-order valence-corrected chi connectivity index (χ4v) is 7.36. The number of hydrogen-bond acceptors (Lipinski definition) is 1. The minimum absolute atomic E-state index is 0.894. The summed E-state index contributed by atoms with van der Waals surface area (Å²) in [5.74, 6) is 0. The Morgan fingerprint density at radius 3 is 1.49 bits per heavy atom. The van der Waals surface area contributed by atoms with E-state index in [0.717, 1.165) is 33.3 Å². The Labute approximate surface area is 246 Å². The molecule has 200 valence electrons. The van der Waals surface area contributed by atoms with Crippen molar-refractivity contribution < 1.29 is 4.42 Å². The highest BCUT2D eigenvalue weighted by molar-refractivity contribution is 6.36. The van der Waals surface area contributed by atoms with Gasteiger partial charge in [0.25, 0.3) is 0 Å². The van der Waals surface area contributed by atoms with Crippen LogP contribution in [0.25, 0.3) is 87.7 Å². The third kappa shape index (κ3) is 2.98. The predicted molar refractivity (Wildman–Crippen MR) is 180 cm³/mol. The van der Waals surface area contributed by atoms with Crippen LogP contribution >= 0.6 is 0 Å². The molecule has 0 aliphatic heterocycles. The van der Waals surface area contributed by atoms with Gasteiger partial charge in [-0.15, -0.1) is 0 Å². The van der Waals surface area contributed by atoms with Gasteiger partial charge in [-0.1, -0.05) is 97.1 Å². The van der Waals surface area contributed by atoms with Gasteiger partial charge in [0.1, 0.15) is 11.2 Å². The second-order valence-electron chi connectivity index (χ2n) is 11.3. The van der Waals surface area contributed by atoms with E-state index in [0.29, 0.717) is 0 Å². The van der Waals surface area contributed by atoms with Crippen LogP contribution < -0.4 is 0 Å². The zero-order valence-corrected chi connectivity index (χ0v) is 23.2. The van der Waals surface area contributed by atoms with Crippen molar-refractivity contribution in [1.82, 2.24) is 9.13 Å². The van der Waals surface area contributed by atoms with E-state index in [4.69, 9.17) is 4.42 Å². The van der Waals surface area contributed by atoms with Crippen molar-refractivity contribution >= 4 is 76.3 Å². The van der Waals surface area contributed by atoms with Crippen LogP contribution in [0.4, 0.5) is 0 Å². The number of benzene rings is 7. The highest BCUT2D eigenvalue weighted by Crippen LogP contribution is 2.46. The molecule has 0 saturated carbocycles. The molecule has 0 saturated heterocycles. The molecule has 0 radical (unpaired) electrons. The standard InChI is InChI=1S/C40H24N2O/c1-2-12-25(13-3-1)41-33-19-9-6-17-31(33)37-29-15-4-5-16-30(29)38-32-18-7-10-20-34(32)42(40(38)39(37)41)26-22-23-28-27-14-8-11-21-35(27)43-36(28)24-26/h1-24H. The van der Waals surface area contributed by atoms with Crippen molar-refractivity contribution in [2.45, 2.75) is 0 Å². The summed E-state index contributed by atoms with van der Waals surface area (Å²) >= 11 is 0. The lowest BCUT2D eigenvalue weighted by molar-refractivity contribution is 0.668. The molecule has 3 heteroatoms. The van der Waals surface area contributed by atoms with E-state index in [2.05, 4.69) is 143 Å². The molecule has 10 rings (SSSR count). The lowest BCUT2D eigenvalue weighted by Gasteiger charge is -2.14. The van der Waals surface area contributed by atoms with Crippen LogP contribution in [0, 0.1) is 0 Å². The van der Waals surface area contributed by atoms with Gasteiger partial charge in [0.15, 0.2) is 0 Å². The van der Waals surface area contributed by atoms with E-state index >= 15 is 0 Å². The van der Waals surface area contributed by atoms with Crippen LogP contribution in [0.15, 0.2) is 150 Å².